The molecule has 1 atom stereocenters. The molecule has 0 radical (unpaired) electrons. The van der Waals surface area contributed by atoms with Gasteiger partial charge in [-0.2, -0.15) is 13.2 Å². The van der Waals surface area contributed by atoms with E-state index in [-0.39, 0.29) is 18.8 Å². The topological polar surface area (TPSA) is 41.5 Å². The number of alkyl halides is 3. The Morgan fingerprint density at radius 3 is 2.61 bits per heavy atom. The van der Waals surface area contributed by atoms with Gasteiger partial charge in [0.1, 0.15) is 0 Å². The number of nitrogens with one attached hydrogen (secondary N) is 1. The van der Waals surface area contributed by atoms with E-state index in [0.717, 1.165) is 6.07 Å². The molecule has 0 aliphatic heterocycles. The van der Waals surface area contributed by atoms with Crippen molar-refractivity contribution >= 4 is 5.69 Å². The van der Waals surface area contributed by atoms with E-state index >= 15 is 0 Å². The molecular weight excluding hydrogens is 247 g/mol. The zero-order valence-corrected chi connectivity index (χ0v) is 10.00. The lowest BCUT2D eigenvalue weighted by atomic mass is 10.1. The predicted octanol–water partition coefficient (Wildman–Crippen LogP) is 2.51. The Kier molecular flexibility index (Phi) is 5.43. The summed E-state index contributed by atoms with van der Waals surface area (Å²) in [7, 11) is 1.45. The first-order chi connectivity index (χ1) is 8.45. The van der Waals surface area contributed by atoms with Crippen LogP contribution in [0.2, 0.25) is 0 Å². The van der Waals surface area contributed by atoms with Crippen molar-refractivity contribution in [3.05, 3.63) is 29.8 Å². The number of aliphatic hydroxyl groups is 1. The van der Waals surface area contributed by atoms with E-state index < -0.39 is 17.8 Å². The first-order valence-corrected chi connectivity index (χ1v) is 5.52. The smallest absolute Gasteiger partial charge is 0.391 e. The summed E-state index contributed by atoms with van der Waals surface area (Å²) in [5.41, 5.74) is -0.680. The Balaban J connectivity index is 2.57. The van der Waals surface area contributed by atoms with E-state index in [1.165, 1.54) is 25.3 Å². The molecule has 3 nitrogen and oxygen atoms in total. The van der Waals surface area contributed by atoms with E-state index in [1.54, 1.807) is 0 Å². The molecule has 0 saturated carbocycles. The van der Waals surface area contributed by atoms with Gasteiger partial charge in [0.05, 0.1) is 18.3 Å². The molecule has 0 saturated heterocycles. The monoisotopic (exact) mass is 263 g/mol. The maximum atomic E-state index is 12.6. The number of para-hydroxylation sites is 1. The van der Waals surface area contributed by atoms with Crippen molar-refractivity contribution in [2.45, 2.75) is 18.7 Å². The molecule has 0 aliphatic carbocycles. The lowest BCUT2D eigenvalue weighted by Crippen LogP contribution is -2.19. The van der Waals surface area contributed by atoms with E-state index in [1.807, 2.05) is 0 Å². The van der Waals surface area contributed by atoms with Gasteiger partial charge in [0.15, 0.2) is 0 Å². The molecule has 1 aromatic carbocycles. The molecule has 1 aromatic rings. The summed E-state index contributed by atoms with van der Waals surface area (Å²) in [4.78, 5) is 0. The highest BCUT2D eigenvalue weighted by molar-refractivity contribution is 5.52. The number of anilines is 1. The molecule has 0 heterocycles. The minimum Gasteiger partial charge on any atom is -0.391 e. The van der Waals surface area contributed by atoms with Gasteiger partial charge in [-0.1, -0.05) is 12.1 Å². The van der Waals surface area contributed by atoms with Gasteiger partial charge in [0.2, 0.25) is 0 Å². The second-order valence-corrected chi connectivity index (χ2v) is 3.87. The largest absolute Gasteiger partial charge is 0.418 e. The SMILES string of the molecule is COCC(O)CCNc1ccccc1C(F)(F)F. The third-order valence-corrected chi connectivity index (χ3v) is 2.38. The van der Waals surface area contributed by atoms with Gasteiger partial charge in [0.25, 0.3) is 0 Å². The molecule has 102 valence electrons. The van der Waals surface area contributed by atoms with Crippen molar-refractivity contribution < 1.29 is 23.0 Å². The summed E-state index contributed by atoms with van der Waals surface area (Å²) >= 11 is 0. The third-order valence-electron chi connectivity index (χ3n) is 2.38. The number of rotatable bonds is 6. The number of hydrogen-bond acceptors (Lipinski definition) is 3. The highest BCUT2D eigenvalue weighted by Crippen LogP contribution is 2.34. The number of ether oxygens (including phenoxy) is 1. The summed E-state index contributed by atoms with van der Waals surface area (Å²) < 4.78 is 42.7. The van der Waals surface area contributed by atoms with Crippen LogP contribution in [0.5, 0.6) is 0 Å². The fourth-order valence-corrected chi connectivity index (χ4v) is 1.53. The minimum absolute atomic E-state index is 0.0228. The van der Waals surface area contributed by atoms with Crippen molar-refractivity contribution in [3.8, 4) is 0 Å². The van der Waals surface area contributed by atoms with Crippen LogP contribution in [0.15, 0.2) is 24.3 Å². The maximum absolute atomic E-state index is 12.6. The van der Waals surface area contributed by atoms with E-state index in [4.69, 9.17) is 4.74 Å². The average Bonchev–Trinajstić information content (AvgIpc) is 2.28. The molecule has 6 heteroatoms. The van der Waals surface area contributed by atoms with Crippen LogP contribution in [0, 0.1) is 0 Å². The quantitative estimate of drug-likeness (QED) is 0.828. The molecule has 1 rings (SSSR count). The zero-order valence-electron chi connectivity index (χ0n) is 10.00. The Hall–Kier alpha value is -1.27. The average molecular weight is 263 g/mol. The number of benzene rings is 1. The number of halogens is 3. The highest BCUT2D eigenvalue weighted by atomic mass is 19.4. The van der Waals surface area contributed by atoms with Gasteiger partial charge in [-0.3, -0.25) is 0 Å². The molecule has 0 aromatic heterocycles. The molecule has 2 N–H and O–H groups in total. The summed E-state index contributed by atoms with van der Waals surface area (Å²) in [6, 6.07) is 5.26. The van der Waals surface area contributed by atoms with Gasteiger partial charge >= 0.3 is 6.18 Å². The first-order valence-electron chi connectivity index (χ1n) is 5.52. The molecule has 0 spiro atoms. The molecule has 1 unspecified atom stereocenters. The second kappa shape index (κ2) is 6.61. The van der Waals surface area contributed by atoms with E-state index in [2.05, 4.69) is 5.32 Å². The van der Waals surface area contributed by atoms with Crippen molar-refractivity contribution in [2.24, 2.45) is 0 Å². The molecule has 0 aliphatic rings. The van der Waals surface area contributed by atoms with Crippen molar-refractivity contribution in [1.82, 2.24) is 0 Å². The van der Waals surface area contributed by atoms with E-state index in [0.29, 0.717) is 6.42 Å². The summed E-state index contributed by atoms with van der Waals surface area (Å²) in [5.74, 6) is 0. The minimum atomic E-state index is -4.38. The number of methoxy groups -OCH3 is 1. The molecular formula is C12H16F3NO2. The second-order valence-electron chi connectivity index (χ2n) is 3.87. The van der Waals surface area contributed by atoms with Gasteiger partial charge in [-0.15, -0.1) is 0 Å². The van der Waals surface area contributed by atoms with Gasteiger partial charge in [0, 0.05) is 19.3 Å². The standard InChI is InChI=1S/C12H16F3NO2/c1-18-8-9(17)6-7-16-11-5-3-2-4-10(11)12(13,14)15/h2-5,9,16-17H,6-8H2,1H3. The van der Waals surface area contributed by atoms with Gasteiger partial charge < -0.3 is 15.2 Å². The fourth-order valence-electron chi connectivity index (χ4n) is 1.53. The fraction of sp³-hybridized carbons (Fsp3) is 0.500. The molecule has 0 bridgehead atoms. The third kappa shape index (κ3) is 4.54. The number of hydrogen-bond donors (Lipinski definition) is 2. The van der Waals surface area contributed by atoms with Crippen LogP contribution in [-0.2, 0) is 10.9 Å². The Bertz CT molecular complexity index is 369. The molecule has 18 heavy (non-hydrogen) atoms. The first kappa shape index (κ1) is 14.8. The summed E-state index contributed by atoms with van der Waals surface area (Å²) in [6.07, 6.45) is -4.74. The van der Waals surface area contributed by atoms with Crippen LogP contribution in [0.25, 0.3) is 0 Å². The highest BCUT2D eigenvalue weighted by Gasteiger charge is 2.32. The van der Waals surface area contributed by atoms with Crippen LogP contribution >= 0.6 is 0 Å². The van der Waals surface area contributed by atoms with Crippen molar-refractivity contribution in [3.63, 3.8) is 0 Å². The van der Waals surface area contributed by atoms with Crippen LogP contribution in [0.1, 0.15) is 12.0 Å². The van der Waals surface area contributed by atoms with Crippen LogP contribution in [0.4, 0.5) is 18.9 Å². The summed E-state index contributed by atoms with van der Waals surface area (Å²) in [6.45, 7) is 0.417. The number of aliphatic hydroxyl groups excluding tert-OH is 1. The van der Waals surface area contributed by atoms with E-state index in [9.17, 15) is 18.3 Å². The normalized spacial score (nSPS) is 13.4. The van der Waals surface area contributed by atoms with Crippen LogP contribution in [0.3, 0.4) is 0 Å². The van der Waals surface area contributed by atoms with Crippen LogP contribution in [-0.4, -0.2) is 31.5 Å². The lowest BCUT2D eigenvalue weighted by molar-refractivity contribution is -0.136. The Morgan fingerprint density at radius 2 is 2.00 bits per heavy atom. The summed E-state index contributed by atoms with van der Waals surface area (Å²) in [5, 5.41) is 12.0. The van der Waals surface area contributed by atoms with Crippen molar-refractivity contribution in [1.29, 1.82) is 0 Å². The van der Waals surface area contributed by atoms with Gasteiger partial charge in [-0.25, -0.2) is 0 Å². The Labute approximate surface area is 104 Å². The predicted molar refractivity (Wildman–Crippen MR) is 62.4 cm³/mol. The zero-order chi connectivity index (χ0) is 13.6. The van der Waals surface area contributed by atoms with Crippen molar-refractivity contribution in [2.75, 3.05) is 25.6 Å². The van der Waals surface area contributed by atoms with Gasteiger partial charge in [-0.05, 0) is 18.6 Å². The molecule has 0 amide bonds. The lowest BCUT2D eigenvalue weighted by Gasteiger charge is -2.15. The molecule has 0 fully saturated rings. The maximum Gasteiger partial charge on any atom is 0.418 e. The van der Waals surface area contributed by atoms with Crippen LogP contribution < -0.4 is 5.32 Å². The Morgan fingerprint density at radius 1 is 1.33 bits per heavy atom.